The van der Waals surface area contributed by atoms with Crippen LogP contribution in [0.1, 0.15) is 0 Å². The van der Waals surface area contributed by atoms with Gasteiger partial charge in [-0.05, 0) is 34.1 Å². The van der Waals surface area contributed by atoms with Gasteiger partial charge in [-0.25, -0.2) is 4.39 Å². The number of halogens is 2. The van der Waals surface area contributed by atoms with Crippen molar-refractivity contribution in [3.63, 3.8) is 0 Å². The van der Waals surface area contributed by atoms with E-state index in [2.05, 4.69) is 15.9 Å². The van der Waals surface area contributed by atoms with E-state index in [-0.39, 0.29) is 5.82 Å². The number of anilines is 1. The molecule has 0 aromatic heterocycles. The van der Waals surface area contributed by atoms with Gasteiger partial charge in [0.15, 0.2) is 0 Å². The summed E-state index contributed by atoms with van der Waals surface area (Å²) in [4.78, 5) is 1.41. The fourth-order valence-electron chi connectivity index (χ4n) is 1.45. The maximum Gasteiger partial charge on any atom is 0.143 e. The van der Waals surface area contributed by atoms with Crippen LogP contribution in [0, 0.1) is 5.82 Å². The zero-order valence-electron chi connectivity index (χ0n) is 9.61. The van der Waals surface area contributed by atoms with Gasteiger partial charge in [-0.3, -0.25) is 0 Å². The average Bonchev–Trinajstić information content (AvgIpc) is 2.35. The zero-order chi connectivity index (χ0) is 13.1. The Morgan fingerprint density at radius 2 is 1.94 bits per heavy atom. The first-order valence-corrected chi connectivity index (χ1v) is 6.78. The van der Waals surface area contributed by atoms with Crippen LogP contribution in [0.15, 0.2) is 50.7 Å². The fourth-order valence-corrected chi connectivity index (χ4v) is 2.85. The first kappa shape index (κ1) is 13.2. The second-order valence-electron chi connectivity index (χ2n) is 3.56. The summed E-state index contributed by atoms with van der Waals surface area (Å²) in [6.45, 7) is 0. The second kappa shape index (κ2) is 5.63. The molecule has 0 aliphatic rings. The molecule has 0 unspecified atom stereocenters. The Hall–Kier alpha value is -1.20. The highest BCUT2D eigenvalue weighted by Crippen LogP contribution is 2.38. The predicted molar refractivity (Wildman–Crippen MR) is 75.6 cm³/mol. The molecule has 0 saturated heterocycles. The molecule has 94 valence electrons. The molecule has 18 heavy (non-hydrogen) atoms. The van der Waals surface area contributed by atoms with Gasteiger partial charge >= 0.3 is 0 Å². The van der Waals surface area contributed by atoms with Crippen LogP contribution >= 0.6 is 27.7 Å². The van der Waals surface area contributed by atoms with Gasteiger partial charge in [0.2, 0.25) is 0 Å². The van der Waals surface area contributed by atoms with Crippen molar-refractivity contribution in [2.24, 2.45) is 0 Å². The third-order valence-corrected chi connectivity index (χ3v) is 4.40. The van der Waals surface area contributed by atoms with Gasteiger partial charge in [0, 0.05) is 15.4 Å². The minimum Gasteiger partial charge on any atom is -0.495 e. The number of benzene rings is 2. The van der Waals surface area contributed by atoms with Crippen molar-refractivity contribution in [1.29, 1.82) is 0 Å². The monoisotopic (exact) mass is 327 g/mol. The van der Waals surface area contributed by atoms with Crippen molar-refractivity contribution in [2.75, 3.05) is 12.8 Å². The largest absolute Gasteiger partial charge is 0.495 e. The molecule has 0 saturated carbocycles. The molecule has 0 radical (unpaired) electrons. The highest BCUT2D eigenvalue weighted by atomic mass is 79.9. The van der Waals surface area contributed by atoms with Gasteiger partial charge in [-0.15, -0.1) is 0 Å². The van der Waals surface area contributed by atoms with Gasteiger partial charge in [-0.1, -0.05) is 23.9 Å². The quantitative estimate of drug-likeness (QED) is 0.852. The Balaban J connectivity index is 2.38. The molecule has 2 aromatic carbocycles. The third-order valence-electron chi connectivity index (χ3n) is 2.34. The number of ether oxygens (including phenoxy) is 1. The van der Waals surface area contributed by atoms with Crippen LogP contribution in [0.25, 0.3) is 0 Å². The Labute approximate surface area is 117 Å². The number of rotatable bonds is 3. The highest BCUT2D eigenvalue weighted by molar-refractivity contribution is 9.10. The summed E-state index contributed by atoms with van der Waals surface area (Å²) >= 11 is 4.75. The summed E-state index contributed by atoms with van der Waals surface area (Å²) in [5.74, 6) is 0.125. The van der Waals surface area contributed by atoms with E-state index in [0.29, 0.717) is 16.3 Å². The van der Waals surface area contributed by atoms with Crippen LogP contribution in [0.3, 0.4) is 0 Å². The lowest BCUT2D eigenvalue weighted by Crippen LogP contribution is -1.94. The van der Waals surface area contributed by atoms with Crippen molar-refractivity contribution in [3.8, 4) is 5.75 Å². The smallest absolute Gasteiger partial charge is 0.143 e. The SMILES string of the molecule is COc1cc(Sc2ccccc2Br)c(F)cc1N. The van der Waals surface area contributed by atoms with Gasteiger partial charge < -0.3 is 10.5 Å². The minimum atomic E-state index is -0.353. The Morgan fingerprint density at radius 1 is 1.22 bits per heavy atom. The van der Waals surface area contributed by atoms with Crippen LogP contribution in [-0.2, 0) is 0 Å². The second-order valence-corrected chi connectivity index (χ2v) is 5.50. The Morgan fingerprint density at radius 3 is 2.61 bits per heavy atom. The summed E-state index contributed by atoms with van der Waals surface area (Å²) < 4.78 is 19.8. The third kappa shape index (κ3) is 2.79. The number of methoxy groups -OCH3 is 1. The molecule has 2 aromatic rings. The van der Waals surface area contributed by atoms with E-state index >= 15 is 0 Å². The molecule has 0 aliphatic heterocycles. The first-order chi connectivity index (χ1) is 8.61. The van der Waals surface area contributed by atoms with Crippen LogP contribution < -0.4 is 10.5 Å². The maximum atomic E-state index is 13.8. The molecule has 2 nitrogen and oxygen atoms in total. The van der Waals surface area contributed by atoms with Crippen molar-refractivity contribution in [2.45, 2.75) is 9.79 Å². The number of nitrogen functional groups attached to an aromatic ring is 1. The molecule has 2 rings (SSSR count). The summed E-state index contributed by atoms with van der Waals surface area (Å²) in [5.41, 5.74) is 5.94. The lowest BCUT2D eigenvalue weighted by Gasteiger charge is -2.09. The lowest BCUT2D eigenvalue weighted by atomic mass is 10.3. The number of hydrogen-bond donors (Lipinski definition) is 1. The standard InChI is InChI=1S/C13H11BrFNOS/c1-17-11-7-13(9(15)6-10(11)16)18-12-5-3-2-4-8(12)14/h2-7H,16H2,1H3. The van der Waals surface area contributed by atoms with E-state index in [1.54, 1.807) is 6.07 Å². The Bertz CT molecular complexity index is 577. The minimum absolute atomic E-state index is 0.298. The molecule has 0 amide bonds. The van der Waals surface area contributed by atoms with Crippen LogP contribution in [0.5, 0.6) is 5.75 Å². The van der Waals surface area contributed by atoms with E-state index in [9.17, 15) is 4.39 Å². The van der Waals surface area contributed by atoms with Gasteiger partial charge in [0.1, 0.15) is 11.6 Å². The summed E-state index contributed by atoms with van der Waals surface area (Å²) in [5, 5.41) is 0. The lowest BCUT2D eigenvalue weighted by molar-refractivity contribution is 0.414. The van der Waals surface area contributed by atoms with Crippen molar-refractivity contribution in [1.82, 2.24) is 0 Å². The first-order valence-electron chi connectivity index (χ1n) is 5.17. The van der Waals surface area contributed by atoms with Crippen LogP contribution in [0.2, 0.25) is 0 Å². The number of nitrogens with two attached hydrogens (primary N) is 1. The molecular weight excluding hydrogens is 317 g/mol. The summed E-state index contributed by atoms with van der Waals surface area (Å²) in [7, 11) is 1.51. The fraction of sp³-hybridized carbons (Fsp3) is 0.0769. The van der Waals surface area contributed by atoms with Gasteiger partial charge in [0.25, 0.3) is 0 Å². The summed E-state index contributed by atoms with van der Waals surface area (Å²) in [6.07, 6.45) is 0. The topological polar surface area (TPSA) is 35.2 Å². The van der Waals surface area contributed by atoms with Gasteiger partial charge in [-0.2, -0.15) is 0 Å². The van der Waals surface area contributed by atoms with Crippen LogP contribution in [-0.4, -0.2) is 7.11 Å². The van der Waals surface area contributed by atoms with Crippen molar-refractivity contribution < 1.29 is 9.13 Å². The van der Waals surface area contributed by atoms with Crippen LogP contribution in [0.4, 0.5) is 10.1 Å². The molecule has 0 fully saturated rings. The molecule has 5 heteroatoms. The molecular formula is C13H11BrFNOS. The highest BCUT2D eigenvalue weighted by Gasteiger charge is 2.11. The molecule has 0 bridgehead atoms. The van der Waals surface area contributed by atoms with Crippen molar-refractivity contribution >= 4 is 33.4 Å². The normalized spacial score (nSPS) is 10.4. The predicted octanol–water partition coefficient (Wildman–Crippen LogP) is 4.33. The van der Waals surface area contributed by atoms with Crippen molar-refractivity contribution in [3.05, 3.63) is 46.7 Å². The van der Waals surface area contributed by atoms with E-state index in [0.717, 1.165) is 9.37 Å². The zero-order valence-corrected chi connectivity index (χ0v) is 12.0. The molecule has 2 N–H and O–H groups in total. The average molecular weight is 328 g/mol. The number of hydrogen-bond acceptors (Lipinski definition) is 3. The molecule has 0 spiro atoms. The van der Waals surface area contributed by atoms with E-state index in [4.69, 9.17) is 10.5 Å². The van der Waals surface area contributed by atoms with E-state index < -0.39 is 0 Å². The molecule has 0 atom stereocenters. The Kier molecular flexibility index (Phi) is 4.14. The van der Waals surface area contributed by atoms with Gasteiger partial charge in [0.05, 0.1) is 17.7 Å². The van der Waals surface area contributed by atoms with E-state index in [1.807, 2.05) is 24.3 Å². The molecule has 0 heterocycles. The molecule has 0 aliphatic carbocycles. The van der Waals surface area contributed by atoms with E-state index in [1.165, 1.54) is 24.9 Å². The maximum absolute atomic E-state index is 13.8. The summed E-state index contributed by atoms with van der Waals surface area (Å²) in [6, 6.07) is 10.5.